The van der Waals surface area contributed by atoms with Crippen molar-refractivity contribution < 1.29 is 9.21 Å². The van der Waals surface area contributed by atoms with Gasteiger partial charge < -0.3 is 4.42 Å². The van der Waals surface area contributed by atoms with Crippen molar-refractivity contribution in [1.82, 2.24) is 10.2 Å². The Hall–Kier alpha value is -2.64. The molecule has 1 N–H and O–H groups in total. The van der Waals surface area contributed by atoms with Gasteiger partial charge in [0.25, 0.3) is 5.91 Å². The molecule has 148 valence electrons. The van der Waals surface area contributed by atoms with Crippen LogP contribution in [0.1, 0.15) is 38.4 Å². The van der Waals surface area contributed by atoms with Gasteiger partial charge in [0.2, 0.25) is 5.13 Å². The molecular weight excluding hydrogens is 402 g/mol. The van der Waals surface area contributed by atoms with Gasteiger partial charge in [-0.25, -0.2) is 0 Å². The zero-order chi connectivity index (χ0) is 20.5. The van der Waals surface area contributed by atoms with Crippen molar-refractivity contribution >= 4 is 45.1 Å². The predicted octanol–water partition coefficient (Wildman–Crippen LogP) is 6.06. The lowest BCUT2D eigenvalue weighted by molar-refractivity contribution is 0.0998. The zero-order valence-corrected chi connectivity index (χ0v) is 18.3. The fourth-order valence-electron chi connectivity index (χ4n) is 3.04. The molecule has 4 aromatic rings. The van der Waals surface area contributed by atoms with Crippen LogP contribution in [0.4, 0.5) is 5.13 Å². The first-order valence-corrected chi connectivity index (χ1v) is 11.0. The molecule has 7 heteroatoms. The van der Waals surface area contributed by atoms with Crippen molar-refractivity contribution in [2.45, 2.75) is 37.8 Å². The van der Waals surface area contributed by atoms with E-state index in [2.05, 4.69) is 46.7 Å². The summed E-state index contributed by atoms with van der Waals surface area (Å²) >= 11 is 2.97. The highest BCUT2D eigenvalue weighted by Crippen LogP contribution is 2.31. The Morgan fingerprint density at radius 3 is 2.55 bits per heavy atom. The second-order valence-corrected chi connectivity index (χ2v) is 9.24. The summed E-state index contributed by atoms with van der Waals surface area (Å²) in [6, 6.07) is 12.5. The normalized spacial score (nSPS) is 11.2. The Bertz CT molecular complexity index is 1190. The molecule has 4 rings (SSSR count). The summed E-state index contributed by atoms with van der Waals surface area (Å²) in [5, 5.41) is 12.5. The third kappa shape index (κ3) is 4.06. The van der Waals surface area contributed by atoms with Crippen molar-refractivity contribution in [3.05, 3.63) is 70.0 Å². The van der Waals surface area contributed by atoms with Crippen LogP contribution in [0, 0.1) is 27.7 Å². The first-order valence-electron chi connectivity index (χ1n) is 9.25. The van der Waals surface area contributed by atoms with E-state index in [1.54, 1.807) is 11.8 Å². The van der Waals surface area contributed by atoms with E-state index in [9.17, 15) is 4.79 Å². The Labute approximate surface area is 177 Å². The van der Waals surface area contributed by atoms with E-state index in [-0.39, 0.29) is 5.91 Å². The van der Waals surface area contributed by atoms with Gasteiger partial charge in [-0.3, -0.25) is 10.1 Å². The van der Waals surface area contributed by atoms with E-state index in [1.165, 1.54) is 22.5 Å². The molecule has 5 nitrogen and oxygen atoms in total. The fraction of sp³-hybridized carbons (Fsp3) is 0.227. The number of carbonyl (C=O) groups excluding carboxylic acids is 1. The molecule has 0 aliphatic heterocycles. The van der Waals surface area contributed by atoms with Gasteiger partial charge in [0.15, 0.2) is 10.1 Å². The third-order valence-corrected chi connectivity index (χ3v) is 6.98. The molecule has 0 aliphatic carbocycles. The van der Waals surface area contributed by atoms with Crippen LogP contribution in [-0.4, -0.2) is 16.1 Å². The van der Waals surface area contributed by atoms with Gasteiger partial charge in [-0.05, 0) is 44.4 Å². The number of anilines is 1. The van der Waals surface area contributed by atoms with Crippen molar-refractivity contribution in [2.75, 3.05) is 5.32 Å². The van der Waals surface area contributed by atoms with Crippen molar-refractivity contribution in [3.63, 3.8) is 0 Å². The maximum absolute atomic E-state index is 12.7. The molecule has 2 heterocycles. The minimum absolute atomic E-state index is 0.304. The van der Waals surface area contributed by atoms with Crippen LogP contribution >= 0.6 is 23.1 Å². The summed E-state index contributed by atoms with van der Waals surface area (Å²) in [6.45, 7) is 8.01. The average molecular weight is 424 g/mol. The molecule has 1 amide bonds. The summed E-state index contributed by atoms with van der Waals surface area (Å²) in [6.07, 6.45) is 0. The highest BCUT2D eigenvalue weighted by Gasteiger charge is 2.20. The number of rotatable bonds is 5. The van der Waals surface area contributed by atoms with E-state index in [0.29, 0.717) is 10.9 Å². The van der Waals surface area contributed by atoms with Gasteiger partial charge in [0.05, 0.1) is 0 Å². The van der Waals surface area contributed by atoms with Crippen LogP contribution in [0.2, 0.25) is 0 Å². The minimum atomic E-state index is -0.304. The number of nitrogens with one attached hydrogen (secondary N) is 1. The SMILES string of the molecule is Cc1ccc(CSc2nnc(NC(=O)c3oc4c(C)c(C)ccc4c3C)s2)cc1. The van der Waals surface area contributed by atoms with Crippen LogP contribution in [0.3, 0.4) is 0 Å². The minimum Gasteiger partial charge on any atom is -0.450 e. The first-order chi connectivity index (χ1) is 13.9. The second-order valence-electron chi connectivity index (χ2n) is 7.04. The topological polar surface area (TPSA) is 68.0 Å². The van der Waals surface area contributed by atoms with E-state index < -0.39 is 0 Å². The monoisotopic (exact) mass is 423 g/mol. The molecule has 0 aliphatic rings. The van der Waals surface area contributed by atoms with Crippen LogP contribution < -0.4 is 5.32 Å². The molecule has 0 fully saturated rings. The molecule has 2 aromatic heterocycles. The lowest BCUT2D eigenvalue weighted by Gasteiger charge is -1.99. The van der Waals surface area contributed by atoms with E-state index >= 15 is 0 Å². The summed E-state index contributed by atoms with van der Waals surface area (Å²) < 4.78 is 6.72. The number of aryl methyl sites for hydroxylation is 4. The summed E-state index contributed by atoms with van der Waals surface area (Å²) in [7, 11) is 0. The smallest absolute Gasteiger partial charge is 0.293 e. The highest BCUT2D eigenvalue weighted by molar-refractivity contribution is 8.00. The average Bonchev–Trinajstić information content (AvgIpc) is 3.29. The van der Waals surface area contributed by atoms with Crippen LogP contribution in [0.15, 0.2) is 45.2 Å². The Morgan fingerprint density at radius 2 is 1.79 bits per heavy atom. The number of hydrogen-bond donors (Lipinski definition) is 1. The molecule has 0 saturated carbocycles. The van der Waals surface area contributed by atoms with Gasteiger partial charge in [0.1, 0.15) is 5.58 Å². The van der Waals surface area contributed by atoms with Gasteiger partial charge in [0, 0.05) is 16.7 Å². The molecule has 0 saturated heterocycles. The maximum Gasteiger partial charge on any atom is 0.293 e. The summed E-state index contributed by atoms with van der Waals surface area (Å²) in [5.74, 6) is 0.823. The molecule has 0 bridgehead atoms. The molecule has 0 spiro atoms. The molecular formula is C22H21N3O2S2. The number of nitrogens with zero attached hydrogens (tertiary/aromatic N) is 2. The largest absolute Gasteiger partial charge is 0.450 e. The molecule has 0 unspecified atom stereocenters. The maximum atomic E-state index is 12.7. The number of furan rings is 1. The van der Waals surface area contributed by atoms with E-state index in [0.717, 1.165) is 37.8 Å². The van der Waals surface area contributed by atoms with Gasteiger partial charge in [-0.15, -0.1) is 10.2 Å². The number of aromatic nitrogens is 2. The van der Waals surface area contributed by atoms with Crippen LogP contribution in [0.25, 0.3) is 11.0 Å². The Kier molecular flexibility index (Phi) is 5.43. The highest BCUT2D eigenvalue weighted by atomic mass is 32.2. The molecule has 0 radical (unpaired) electrons. The zero-order valence-electron chi connectivity index (χ0n) is 16.7. The number of benzene rings is 2. The standard InChI is InChI=1S/C22H21N3O2S2/c1-12-5-8-16(9-6-12)11-28-22-25-24-21(29-22)23-20(26)19-15(4)17-10-7-13(2)14(3)18(17)27-19/h5-10H,11H2,1-4H3,(H,23,24,26). The van der Waals surface area contributed by atoms with E-state index in [1.807, 2.05) is 32.9 Å². The predicted molar refractivity (Wildman–Crippen MR) is 119 cm³/mol. The van der Waals surface area contributed by atoms with Gasteiger partial charge in [-0.2, -0.15) is 0 Å². The fourth-order valence-corrected chi connectivity index (χ4v) is 4.74. The second kappa shape index (κ2) is 8.00. The number of fused-ring (bicyclic) bond motifs is 1. The Balaban J connectivity index is 1.46. The van der Waals surface area contributed by atoms with Crippen LogP contribution in [-0.2, 0) is 5.75 Å². The van der Waals surface area contributed by atoms with Crippen LogP contribution in [0.5, 0.6) is 0 Å². The lowest BCUT2D eigenvalue weighted by Crippen LogP contribution is -2.11. The molecule has 2 aromatic carbocycles. The number of thioether (sulfide) groups is 1. The summed E-state index contributed by atoms with van der Waals surface area (Å²) in [5.41, 5.74) is 6.25. The van der Waals surface area contributed by atoms with E-state index in [4.69, 9.17) is 4.42 Å². The molecule has 0 atom stereocenters. The number of carbonyl (C=O) groups is 1. The number of hydrogen-bond acceptors (Lipinski definition) is 6. The quantitative estimate of drug-likeness (QED) is 0.312. The lowest BCUT2D eigenvalue weighted by atomic mass is 10.0. The van der Waals surface area contributed by atoms with Gasteiger partial charge >= 0.3 is 0 Å². The third-order valence-electron chi connectivity index (χ3n) is 4.94. The van der Waals surface area contributed by atoms with Crippen molar-refractivity contribution in [3.8, 4) is 0 Å². The molecule has 29 heavy (non-hydrogen) atoms. The van der Waals surface area contributed by atoms with Gasteiger partial charge in [-0.1, -0.05) is 65.1 Å². The van der Waals surface area contributed by atoms with Crippen molar-refractivity contribution in [1.29, 1.82) is 0 Å². The van der Waals surface area contributed by atoms with Crippen molar-refractivity contribution in [2.24, 2.45) is 0 Å². The summed E-state index contributed by atoms with van der Waals surface area (Å²) in [4.78, 5) is 12.7. The first kappa shape index (κ1) is 19.7. The Morgan fingerprint density at radius 1 is 1.03 bits per heavy atom. The number of amides is 1.